The number of hydrogen-bond acceptors (Lipinski definition) is 2. The monoisotopic (exact) mass is 265 g/mol. The first-order valence-electron chi connectivity index (χ1n) is 6.25. The van der Waals surface area contributed by atoms with Crippen LogP contribution in [0.4, 0.5) is 8.78 Å². The Morgan fingerprint density at radius 2 is 2.21 bits per heavy atom. The summed E-state index contributed by atoms with van der Waals surface area (Å²) < 4.78 is 26.5. The van der Waals surface area contributed by atoms with E-state index >= 15 is 0 Å². The van der Waals surface area contributed by atoms with Crippen LogP contribution in [0.1, 0.15) is 18.7 Å². The van der Waals surface area contributed by atoms with Crippen molar-refractivity contribution in [3.8, 4) is 0 Å². The number of halogens is 2. The fraction of sp³-hybridized carbons (Fsp3) is 0.385. The summed E-state index contributed by atoms with van der Waals surface area (Å²) in [6.07, 6.45) is 2.39. The molecule has 1 saturated carbocycles. The summed E-state index contributed by atoms with van der Waals surface area (Å²) in [5.74, 6) is -1.08. The van der Waals surface area contributed by atoms with Gasteiger partial charge in [-0.1, -0.05) is 0 Å². The highest BCUT2D eigenvalue weighted by Crippen LogP contribution is 2.28. The van der Waals surface area contributed by atoms with Gasteiger partial charge in [0.05, 0.1) is 5.52 Å². The predicted molar refractivity (Wildman–Crippen MR) is 65.4 cm³/mol. The molecule has 0 atom stereocenters. The summed E-state index contributed by atoms with van der Waals surface area (Å²) in [5.41, 5.74) is 0.464. The van der Waals surface area contributed by atoms with Crippen LogP contribution in [-0.4, -0.2) is 22.4 Å². The van der Waals surface area contributed by atoms with E-state index in [1.165, 1.54) is 6.07 Å². The van der Waals surface area contributed by atoms with Gasteiger partial charge in [0.2, 0.25) is 5.91 Å². The van der Waals surface area contributed by atoms with E-state index in [0.717, 1.165) is 18.9 Å². The summed E-state index contributed by atoms with van der Waals surface area (Å²) in [5, 5.41) is 2.80. The zero-order valence-corrected chi connectivity index (χ0v) is 10.2. The molecule has 0 spiro atoms. The first-order chi connectivity index (χ1) is 9.15. The van der Waals surface area contributed by atoms with Crippen LogP contribution in [0.25, 0.3) is 11.0 Å². The highest BCUT2D eigenvalue weighted by Gasteiger charge is 2.29. The van der Waals surface area contributed by atoms with E-state index in [0.29, 0.717) is 24.3 Å². The molecule has 1 heterocycles. The molecule has 0 bridgehead atoms. The second-order valence-corrected chi connectivity index (χ2v) is 4.76. The minimum atomic E-state index is -0.943. The first-order valence-corrected chi connectivity index (χ1v) is 6.25. The number of aromatic nitrogens is 2. The van der Waals surface area contributed by atoms with E-state index in [4.69, 9.17) is 0 Å². The fourth-order valence-electron chi connectivity index (χ4n) is 1.98. The van der Waals surface area contributed by atoms with Gasteiger partial charge in [-0.15, -0.1) is 0 Å². The second kappa shape index (κ2) is 4.60. The third-order valence-electron chi connectivity index (χ3n) is 3.20. The third kappa shape index (κ3) is 2.43. The van der Waals surface area contributed by atoms with Crippen molar-refractivity contribution in [2.45, 2.75) is 19.3 Å². The number of carbonyl (C=O) groups is 1. The maximum absolute atomic E-state index is 13.4. The van der Waals surface area contributed by atoms with Gasteiger partial charge < -0.3 is 10.3 Å². The number of rotatable bonds is 4. The van der Waals surface area contributed by atoms with Gasteiger partial charge in [-0.2, -0.15) is 0 Å². The standard InChI is InChI=1S/C13H13F2N3O/c14-8-3-4-9-12(11(8)15)18-10(17-9)5-6-16-13(19)7-1-2-7/h3-4,7H,1-2,5-6H2,(H,16,19)(H,17,18). The molecule has 1 aromatic heterocycles. The van der Waals surface area contributed by atoms with Gasteiger partial charge >= 0.3 is 0 Å². The highest BCUT2D eigenvalue weighted by atomic mass is 19.2. The number of nitrogens with one attached hydrogen (secondary N) is 2. The molecule has 2 N–H and O–H groups in total. The van der Waals surface area contributed by atoms with Crippen molar-refractivity contribution in [3.05, 3.63) is 29.6 Å². The van der Waals surface area contributed by atoms with Gasteiger partial charge in [0.15, 0.2) is 11.6 Å². The van der Waals surface area contributed by atoms with Crippen LogP contribution in [0.2, 0.25) is 0 Å². The Kier molecular flexibility index (Phi) is 2.93. The Bertz CT molecular complexity index is 634. The molecule has 19 heavy (non-hydrogen) atoms. The van der Waals surface area contributed by atoms with E-state index < -0.39 is 11.6 Å². The quantitative estimate of drug-likeness (QED) is 0.887. The molecule has 0 saturated heterocycles. The van der Waals surface area contributed by atoms with Gasteiger partial charge in [0, 0.05) is 18.9 Å². The maximum Gasteiger partial charge on any atom is 0.223 e. The minimum absolute atomic E-state index is 0.00326. The molecular weight excluding hydrogens is 252 g/mol. The molecule has 0 aliphatic heterocycles. The summed E-state index contributed by atoms with van der Waals surface area (Å²) in [6, 6.07) is 2.52. The topological polar surface area (TPSA) is 57.8 Å². The van der Waals surface area contributed by atoms with Crippen LogP contribution in [0.5, 0.6) is 0 Å². The average Bonchev–Trinajstić information content (AvgIpc) is 3.15. The molecule has 1 aliphatic carbocycles. The average molecular weight is 265 g/mol. The largest absolute Gasteiger partial charge is 0.355 e. The molecular formula is C13H13F2N3O. The lowest BCUT2D eigenvalue weighted by atomic mass is 10.3. The lowest BCUT2D eigenvalue weighted by Crippen LogP contribution is -2.27. The molecule has 2 aromatic rings. The number of amides is 1. The zero-order valence-electron chi connectivity index (χ0n) is 10.2. The van der Waals surface area contributed by atoms with Crippen molar-refractivity contribution in [3.63, 3.8) is 0 Å². The van der Waals surface area contributed by atoms with Gasteiger partial charge in [-0.3, -0.25) is 4.79 Å². The van der Waals surface area contributed by atoms with Crippen LogP contribution < -0.4 is 5.32 Å². The maximum atomic E-state index is 13.4. The van der Waals surface area contributed by atoms with Crippen LogP contribution in [0, 0.1) is 17.6 Å². The molecule has 100 valence electrons. The number of H-pyrrole nitrogens is 1. The Balaban J connectivity index is 1.67. The predicted octanol–water partition coefficient (Wildman–Crippen LogP) is 1.91. The highest BCUT2D eigenvalue weighted by molar-refractivity contribution is 5.80. The zero-order chi connectivity index (χ0) is 13.4. The van der Waals surface area contributed by atoms with Crippen molar-refractivity contribution < 1.29 is 13.6 Å². The molecule has 4 nitrogen and oxygen atoms in total. The van der Waals surface area contributed by atoms with Crippen LogP contribution in [-0.2, 0) is 11.2 Å². The first kappa shape index (κ1) is 12.1. The SMILES string of the molecule is O=C(NCCc1nc2c(F)c(F)ccc2[nH]1)C1CC1. The number of benzene rings is 1. The van der Waals surface area contributed by atoms with Crippen molar-refractivity contribution in [1.82, 2.24) is 15.3 Å². The van der Waals surface area contributed by atoms with Crippen molar-refractivity contribution in [2.24, 2.45) is 5.92 Å². The van der Waals surface area contributed by atoms with E-state index in [1.54, 1.807) is 0 Å². The Morgan fingerprint density at radius 1 is 1.42 bits per heavy atom. The summed E-state index contributed by atoms with van der Waals surface area (Å²) in [7, 11) is 0. The van der Waals surface area contributed by atoms with E-state index in [-0.39, 0.29) is 17.3 Å². The number of aromatic amines is 1. The number of carbonyl (C=O) groups excluding carboxylic acids is 1. The smallest absolute Gasteiger partial charge is 0.223 e. The molecule has 6 heteroatoms. The molecule has 1 aliphatic rings. The number of imidazole rings is 1. The normalized spacial score (nSPS) is 14.8. The third-order valence-corrected chi connectivity index (χ3v) is 3.20. The van der Waals surface area contributed by atoms with Crippen molar-refractivity contribution in [2.75, 3.05) is 6.54 Å². The molecule has 3 rings (SSSR count). The van der Waals surface area contributed by atoms with Crippen LogP contribution in [0.15, 0.2) is 12.1 Å². The summed E-state index contributed by atoms with van der Waals surface area (Å²) in [6.45, 7) is 0.444. The molecule has 1 fully saturated rings. The Hall–Kier alpha value is -1.98. The van der Waals surface area contributed by atoms with E-state index in [1.807, 2.05) is 0 Å². The number of fused-ring (bicyclic) bond motifs is 1. The molecule has 0 radical (unpaired) electrons. The molecule has 0 unspecified atom stereocenters. The van der Waals surface area contributed by atoms with E-state index in [2.05, 4.69) is 15.3 Å². The summed E-state index contributed by atoms with van der Waals surface area (Å²) >= 11 is 0. The Morgan fingerprint density at radius 3 is 2.95 bits per heavy atom. The van der Waals surface area contributed by atoms with Gasteiger partial charge in [0.1, 0.15) is 11.3 Å². The number of nitrogens with zero attached hydrogens (tertiary/aromatic N) is 1. The molecule has 1 aromatic carbocycles. The van der Waals surface area contributed by atoms with Crippen molar-refractivity contribution in [1.29, 1.82) is 0 Å². The molecule has 1 amide bonds. The Labute approximate surface area is 108 Å². The van der Waals surface area contributed by atoms with Crippen LogP contribution >= 0.6 is 0 Å². The van der Waals surface area contributed by atoms with Crippen molar-refractivity contribution >= 4 is 16.9 Å². The lowest BCUT2D eigenvalue weighted by Gasteiger charge is -2.01. The summed E-state index contributed by atoms with van der Waals surface area (Å²) in [4.78, 5) is 18.3. The van der Waals surface area contributed by atoms with Gasteiger partial charge in [-0.25, -0.2) is 13.8 Å². The van der Waals surface area contributed by atoms with E-state index in [9.17, 15) is 13.6 Å². The minimum Gasteiger partial charge on any atom is -0.355 e. The lowest BCUT2D eigenvalue weighted by molar-refractivity contribution is -0.122. The second-order valence-electron chi connectivity index (χ2n) is 4.76. The van der Waals surface area contributed by atoms with Crippen LogP contribution in [0.3, 0.4) is 0 Å². The van der Waals surface area contributed by atoms with Gasteiger partial charge in [-0.05, 0) is 25.0 Å². The fourth-order valence-corrected chi connectivity index (χ4v) is 1.98. The van der Waals surface area contributed by atoms with Gasteiger partial charge in [0.25, 0.3) is 0 Å². The number of hydrogen-bond donors (Lipinski definition) is 2.